The van der Waals surface area contributed by atoms with Gasteiger partial charge in [0.25, 0.3) is 5.56 Å². The van der Waals surface area contributed by atoms with E-state index < -0.39 is 0 Å². The van der Waals surface area contributed by atoms with Gasteiger partial charge in [-0.1, -0.05) is 51.3 Å². The van der Waals surface area contributed by atoms with E-state index in [2.05, 4.69) is 41.9 Å². The van der Waals surface area contributed by atoms with Gasteiger partial charge in [0.15, 0.2) is 11.5 Å². The van der Waals surface area contributed by atoms with E-state index in [0.717, 1.165) is 10.0 Å². The largest absolute Gasteiger partial charge is 0.490 e. The Labute approximate surface area is 228 Å². The highest BCUT2D eigenvalue weighted by atomic mass is 79.9. The van der Waals surface area contributed by atoms with Gasteiger partial charge >= 0.3 is 0 Å². The Morgan fingerprint density at radius 2 is 1.83 bits per heavy atom. The van der Waals surface area contributed by atoms with Gasteiger partial charge in [-0.2, -0.15) is 9.78 Å². The molecule has 0 N–H and O–H groups in total. The molecule has 0 spiro atoms. The molecule has 4 aromatic rings. The normalized spacial score (nSPS) is 11.4. The van der Waals surface area contributed by atoms with Crippen LogP contribution >= 0.6 is 55.1 Å². The number of aromatic nitrogens is 2. The third-order valence-electron chi connectivity index (χ3n) is 5.03. The first kappa shape index (κ1) is 25.7. The van der Waals surface area contributed by atoms with Crippen molar-refractivity contribution in [2.24, 2.45) is 5.10 Å². The fourth-order valence-corrected chi connectivity index (χ4v) is 4.49. The Kier molecular flexibility index (Phi) is 8.16. The fourth-order valence-electron chi connectivity index (χ4n) is 3.35. The van der Waals surface area contributed by atoms with Gasteiger partial charge in [-0.05, 0) is 71.7 Å². The zero-order valence-corrected chi connectivity index (χ0v) is 23.4. The zero-order chi connectivity index (χ0) is 25.1. The first-order chi connectivity index (χ1) is 16.8. The van der Waals surface area contributed by atoms with Crippen molar-refractivity contribution in [3.8, 4) is 11.5 Å². The lowest BCUT2D eigenvalue weighted by molar-refractivity contribution is 0.269. The minimum Gasteiger partial charge on any atom is -0.490 e. The second-order valence-corrected chi connectivity index (χ2v) is 9.97. The second-order valence-electron chi connectivity index (χ2n) is 7.45. The van der Waals surface area contributed by atoms with Crippen molar-refractivity contribution in [2.45, 2.75) is 20.5 Å². The predicted octanol–water partition coefficient (Wildman–Crippen LogP) is 7.40. The average Bonchev–Trinajstić information content (AvgIpc) is 2.83. The highest BCUT2D eigenvalue weighted by molar-refractivity contribution is 9.10. The molecule has 1 heterocycles. The van der Waals surface area contributed by atoms with Crippen LogP contribution in [-0.4, -0.2) is 22.5 Å². The van der Waals surface area contributed by atoms with Gasteiger partial charge in [-0.3, -0.25) is 4.79 Å². The van der Waals surface area contributed by atoms with Gasteiger partial charge in [0.1, 0.15) is 17.5 Å². The van der Waals surface area contributed by atoms with Crippen LogP contribution in [0.15, 0.2) is 67.4 Å². The summed E-state index contributed by atoms with van der Waals surface area (Å²) < 4.78 is 14.4. The molecule has 0 atom stereocenters. The Morgan fingerprint density at radius 1 is 1.09 bits per heavy atom. The Hall–Kier alpha value is -2.39. The molecule has 35 heavy (non-hydrogen) atoms. The quantitative estimate of drug-likeness (QED) is 0.198. The highest BCUT2D eigenvalue weighted by Crippen LogP contribution is 2.42. The van der Waals surface area contributed by atoms with Crippen LogP contribution in [0.5, 0.6) is 11.5 Å². The summed E-state index contributed by atoms with van der Waals surface area (Å²) in [4.78, 5) is 17.5. The number of benzene rings is 3. The van der Waals surface area contributed by atoms with Gasteiger partial charge < -0.3 is 9.47 Å². The topological polar surface area (TPSA) is 65.7 Å². The Bertz CT molecular complexity index is 1490. The van der Waals surface area contributed by atoms with Crippen LogP contribution in [0.2, 0.25) is 10.0 Å². The molecule has 0 bridgehead atoms. The standard InChI is InChI=1S/C25H19Br2Cl2N3O3/c1-3-34-21-10-16(22(27)23(29)24(21)35-13-15-4-7-18(28)8-5-15)12-30-32-14(2)31-20-9-6-17(26)11-19(20)25(32)33/h4-12H,3,13H2,1-2H3. The monoisotopic (exact) mass is 637 g/mol. The molecule has 0 saturated carbocycles. The average molecular weight is 640 g/mol. The molecule has 6 nitrogen and oxygen atoms in total. The van der Waals surface area contributed by atoms with Crippen LogP contribution in [-0.2, 0) is 6.61 Å². The van der Waals surface area contributed by atoms with Gasteiger partial charge in [-0.25, -0.2) is 4.98 Å². The van der Waals surface area contributed by atoms with E-state index in [1.54, 1.807) is 37.3 Å². The third-order valence-corrected chi connectivity index (χ3v) is 7.22. The summed E-state index contributed by atoms with van der Waals surface area (Å²) in [5.74, 6) is 1.31. The maximum Gasteiger partial charge on any atom is 0.282 e. The Balaban J connectivity index is 1.70. The lowest BCUT2D eigenvalue weighted by Gasteiger charge is -2.16. The third kappa shape index (κ3) is 5.72. The molecular weight excluding hydrogens is 621 g/mol. The van der Waals surface area contributed by atoms with Crippen molar-refractivity contribution in [3.63, 3.8) is 0 Å². The van der Waals surface area contributed by atoms with E-state index in [1.807, 2.05) is 25.1 Å². The van der Waals surface area contributed by atoms with Crippen LogP contribution in [0.4, 0.5) is 0 Å². The van der Waals surface area contributed by atoms with E-state index in [9.17, 15) is 4.79 Å². The van der Waals surface area contributed by atoms with Crippen LogP contribution < -0.4 is 15.0 Å². The van der Waals surface area contributed by atoms with Crippen molar-refractivity contribution < 1.29 is 9.47 Å². The lowest BCUT2D eigenvalue weighted by atomic mass is 10.2. The molecule has 3 aromatic carbocycles. The van der Waals surface area contributed by atoms with Crippen molar-refractivity contribution in [1.29, 1.82) is 0 Å². The van der Waals surface area contributed by atoms with Crippen LogP contribution in [0.3, 0.4) is 0 Å². The molecule has 180 valence electrons. The number of fused-ring (bicyclic) bond motifs is 1. The van der Waals surface area contributed by atoms with Crippen LogP contribution in [0.1, 0.15) is 23.9 Å². The summed E-state index contributed by atoms with van der Waals surface area (Å²) in [5, 5.41) is 5.83. The summed E-state index contributed by atoms with van der Waals surface area (Å²) in [6, 6.07) is 14.5. The summed E-state index contributed by atoms with van der Waals surface area (Å²) >= 11 is 19.5. The predicted molar refractivity (Wildman–Crippen MR) is 148 cm³/mol. The van der Waals surface area contributed by atoms with Crippen LogP contribution in [0, 0.1) is 6.92 Å². The highest BCUT2D eigenvalue weighted by Gasteiger charge is 2.18. The minimum atomic E-state index is -0.278. The maximum absolute atomic E-state index is 13.0. The molecule has 10 heteroatoms. The minimum absolute atomic E-state index is 0.278. The molecule has 0 aliphatic carbocycles. The van der Waals surface area contributed by atoms with E-state index >= 15 is 0 Å². The van der Waals surface area contributed by atoms with E-state index in [-0.39, 0.29) is 12.2 Å². The number of ether oxygens (including phenoxy) is 2. The molecule has 0 saturated heterocycles. The molecular formula is C25H19Br2Cl2N3O3. The van der Waals surface area contributed by atoms with Gasteiger partial charge in [-0.15, -0.1) is 0 Å². The molecule has 0 radical (unpaired) electrons. The molecule has 1 aromatic heterocycles. The SMILES string of the molecule is CCOc1cc(C=Nn2c(C)nc3ccc(Br)cc3c2=O)c(Br)c(Cl)c1OCc1ccc(Cl)cc1. The number of halogens is 4. The van der Waals surface area contributed by atoms with E-state index in [1.165, 1.54) is 10.9 Å². The van der Waals surface area contributed by atoms with Crippen molar-refractivity contribution in [2.75, 3.05) is 6.61 Å². The molecule has 0 fully saturated rings. The van der Waals surface area contributed by atoms with Crippen LogP contribution in [0.25, 0.3) is 10.9 Å². The fraction of sp³-hybridized carbons (Fsp3) is 0.160. The number of hydrogen-bond acceptors (Lipinski definition) is 5. The summed E-state index contributed by atoms with van der Waals surface area (Å²) in [5.41, 5.74) is 1.87. The smallest absolute Gasteiger partial charge is 0.282 e. The molecule has 0 unspecified atom stereocenters. The molecule has 4 rings (SSSR count). The van der Waals surface area contributed by atoms with E-state index in [0.29, 0.717) is 54.9 Å². The van der Waals surface area contributed by atoms with Crippen molar-refractivity contribution in [1.82, 2.24) is 9.66 Å². The second kappa shape index (κ2) is 11.1. The number of rotatable bonds is 7. The Morgan fingerprint density at radius 3 is 2.54 bits per heavy atom. The number of hydrogen-bond donors (Lipinski definition) is 0. The number of aryl methyl sites for hydroxylation is 1. The first-order valence-electron chi connectivity index (χ1n) is 10.5. The zero-order valence-electron chi connectivity index (χ0n) is 18.7. The maximum atomic E-state index is 13.0. The van der Waals surface area contributed by atoms with Crippen molar-refractivity contribution in [3.05, 3.63) is 94.8 Å². The summed E-state index contributed by atoms with van der Waals surface area (Å²) in [6.45, 7) is 4.29. The molecule has 0 aliphatic rings. The lowest BCUT2D eigenvalue weighted by Crippen LogP contribution is -2.20. The van der Waals surface area contributed by atoms with Gasteiger partial charge in [0.05, 0.1) is 23.7 Å². The van der Waals surface area contributed by atoms with Crippen molar-refractivity contribution >= 4 is 72.2 Å². The van der Waals surface area contributed by atoms with E-state index in [4.69, 9.17) is 32.7 Å². The molecule has 0 amide bonds. The first-order valence-corrected chi connectivity index (χ1v) is 12.9. The summed E-state index contributed by atoms with van der Waals surface area (Å²) in [6.07, 6.45) is 1.53. The number of nitrogens with zero attached hydrogens (tertiary/aromatic N) is 3. The summed E-state index contributed by atoms with van der Waals surface area (Å²) in [7, 11) is 0. The molecule has 0 aliphatic heterocycles. The van der Waals surface area contributed by atoms with Gasteiger partial charge in [0, 0.05) is 19.5 Å². The van der Waals surface area contributed by atoms with Gasteiger partial charge in [0.2, 0.25) is 0 Å².